The van der Waals surface area contributed by atoms with Crippen molar-refractivity contribution in [2.75, 3.05) is 19.5 Å². The predicted molar refractivity (Wildman–Crippen MR) is 97.3 cm³/mol. The molecule has 7 heteroatoms. The summed E-state index contributed by atoms with van der Waals surface area (Å²) in [6, 6.07) is 7.48. The maximum absolute atomic E-state index is 12.1. The first kappa shape index (κ1) is 16.5. The highest BCUT2D eigenvalue weighted by atomic mass is 32.1. The Morgan fingerprint density at radius 2 is 2.08 bits per heavy atom. The first-order chi connectivity index (χ1) is 11.7. The van der Waals surface area contributed by atoms with E-state index >= 15 is 0 Å². The lowest BCUT2D eigenvalue weighted by atomic mass is 10.1. The zero-order valence-corrected chi connectivity index (χ0v) is 14.9. The fourth-order valence-electron chi connectivity index (χ4n) is 2.21. The van der Waals surface area contributed by atoms with E-state index in [0.717, 1.165) is 22.6 Å². The molecule has 124 valence electrons. The third-order valence-corrected chi connectivity index (χ3v) is 4.87. The van der Waals surface area contributed by atoms with Crippen LogP contribution in [-0.2, 0) is 11.2 Å². The molecule has 0 spiro atoms. The summed E-state index contributed by atoms with van der Waals surface area (Å²) < 4.78 is 10.6. The van der Waals surface area contributed by atoms with E-state index in [1.165, 1.54) is 11.3 Å². The molecule has 0 bridgehead atoms. The van der Waals surface area contributed by atoms with Crippen LogP contribution >= 0.6 is 22.7 Å². The average Bonchev–Trinajstić information content (AvgIpc) is 3.26. The lowest BCUT2D eigenvalue weighted by Crippen LogP contribution is -2.13. The average molecular weight is 360 g/mol. The Kier molecular flexibility index (Phi) is 5.12. The topological polar surface area (TPSA) is 60.5 Å². The van der Waals surface area contributed by atoms with Gasteiger partial charge in [-0.15, -0.1) is 11.3 Å². The van der Waals surface area contributed by atoms with Crippen molar-refractivity contribution in [3.05, 3.63) is 46.0 Å². The summed E-state index contributed by atoms with van der Waals surface area (Å²) >= 11 is 2.96. The van der Waals surface area contributed by atoms with E-state index in [1.54, 1.807) is 25.6 Å². The second-order valence-electron chi connectivity index (χ2n) is 4.96. The van der Waals surface area contributed by atoms with Gasteiger partial charge in [0, 0.05) is 10.9 Å². The maximum atomic E-state index is 12.1. The summed E-state index contributed by atoms with van der Waals surface area (Å²) in [6.45, 7) is 0. The third kappa shape index (κ3) is 3.74. The molecule has 1 N–H and O–H groups in total. The van der Waals surface area contributed by atoms with Crippen molar-refractivity contribution in [2.45, 2.75) is 6.42 Å². The van der Waals surface area contributed by atoms with Crippen molar-refractivity contribution in [2.24, 2.45) is 0 Å². The number of carbonyl (C=O) groups is 1. The van der Waals surface area contributed by atoms with Crippen LogP contribution in [0.3, 0.4) is 0 Å². The minimum absolute atomic E-state index is 0.0769. The summed E-state index contributed by atoms with van der Waals surface area (Å²) in [4.78, 5) is 16.6. The molecule has 0 unspecified atom stereocenters. The van der Waals surface area contributed by atoms with E-state index in [2.05, 4.69) is 10.3 Å². The Morgan fingerprint density at radius 3 is 2.79 bits per heavy atom. The third-order valence-electron chi connectivity index (χ3n) is 3.38. The molecule has 1 aromatic carbocycles. The molecule has 0 aliphatic heterocycles. The van der Waals surface area contributed by atoms with Gasteiger partial charge in [0.25, 0.3) is 0 Å². The molecule has 5 nitrogen and oxygen atoms in total. The van der Waals surface area contributed by atoms with Gasteiger partial charge >= 0.3 is 0 Å². The van der Waals surface area contributed by atoms with E-state index < -0.39 is 0 Å². The molecule has 0 saturated heterocycles. The van der Waals surface area contributed by atoms with Gasteiger partial charge in [-0.1, -0.05) is 0 Å². The number of methoxy groups -OCH3 is 2. The Hall–Kier alpha value is -2.38. The van der Waals surface area contributed by atoms with Crippen LogP contribution in [0.2, 0.25) is 0 Å². The molecule has 2 heterocycles. The molecular weight excluding hydrogens is 344 g/mol. The Balaban J connectivity index is 1.77. The summed E-state index contributed by atoms with van der Waals surface area (Å²) in [5, 5.41) is 9.21. The van der Waals surface area contributed by atoms with E-state index in [1.807, 2.05) is 40.4 Å². The smallest absolute Gasteiger partial charge is 0.230 e. The largest absolute Gasteiger partial charge is 0.497 e. The first-order valence-electron chi connectivity index (χ1n) is 7.18. The zero-order valence-electron chi connectivity index (χ0n) is 13.2. The van der Waals surface area contributed by atoms with Crippen LogP contribution < -0.4 is 14.8 Å². The molecule has 3 rings (SSSR count). The van der Waals surface area contributed by atoms with Gasteiger partial charge in [-0.3, -0.25) is 4.79 Å². The Morgan fingerprint density at radius 1 is 1.21 bits per heavy atom. The lowest BCUT2D eigenvalue weighted by molar-refractivity contribution is -0.115. The van der Waals surface area contributed by atoms with Crippen molar-refractivity contribution in [1.29, 1.82) is 0 Å². The predicted octanol–water partition coefficient (Wildman–Crippen LogP) is 4.07. The molecular formula is C17H16N2O3S2. The number of nitrogens with one attached hydrogen (secondary N) is 1. The number of rotatable bonds is 6. The van der Waals surface area contributed by atoms with E-state index in [0.29, 0.717) is 17.3 Å². The molecule has 2 aromatic heterocycles. The number of hydrogen-bond acceptors (Lipinski definition) is 6. The molecule has 0 aliphatic rings. The quantitative estimate of drug-likeness (QED) is 0.720. The van der Waals surface area contributed by atoms with Crippen LogP contribution in [0.1, 0.15) is 5.56 Å². The number of amides is 1. The molecule has 3 aromatic rings. The van der Waals surface area contributed by atoms with Gasteiger partial charge in [-0.25, -0.2) is 4.98 Å². The van der Waals surface area contributed by atoms with Crippen molar-refractivity contribution in [3.8, 4) is 22.8 Å². The number of thiazole rings is 1. The van der Waals surface area contributed by atoms with Crippen LogP contribution in [0.25, 0.3) is 11.3 Å². The zero-order chi connectivity index (χ0) is 16.9. The molecule has 24 heavy (non-hydrogen) atoms. The normalized spacial score (nSPS) is 10.4. The summed E-state index contributed by atoms with van der Waals surface area (Å²) in [7, 11) is 3.23. The van der Waals surface area contributed by atoms with E-state index in [4.69, 9.17) is 9.47 Å². The number of benzene rings is 1. The number of thiophene rings is 1. The fourth-order valence-corrected chi connectivity index (χ4v) is 3.61. The highest BCUT2D eigenvalue weighted by Gasteiger charge is 2.13. The maximum Gasteiger partial charge on any atom is 0.230 e. The molecule has 0 aliphatic carbocycles. The van der Waals surface area contributed by atoms with Gasteiger partial charge in [-0.2, -0.15) is 11.3 Å². The monoisotopic (exact) mass is 360 g/mol. The standard InChI is InChI=1S/C17H16N2O3S2/c1-21-12-3-4-15(22-2)13(8-12)14-10-24-17(18-14)19-16(20)7-11-5-6-23-9-11/h3-6,8-10H,7H2,1-2H3,(H,18,19,20). The van der Waals surface area contributed by atoms with Crippen LogP contribution in [0, 0.1) is 0 Å². The number of anilines is 1. The summed E-state index contributed by atoms with van der Waals surface area (Å²) in [6.07, 6.45) is 0.348. The lowest BCUT2D eigenvalue weighted by Gasteiger charge is -2.08. The number of ether oxygens (including phenoxy) is 2. The molecule has 0 radical (unpaired) electrons. The van der Waals surface area contributed by atoms with Crippen molar-refractivity contribution >= 4 is 33.7 Å². The molecule has 1 amide bonds. The van der Waals surface area contributed by atoms with E-state index in [9.17, 15) is 4.79 Å². The van der Waals surface area contributed by atoms with Crippen molar-refractivity contribution in [3.63, 3.8) is 0 Å². The van der Waals surface area contributed by atoms with Crippen molar-refractivity contribution in [1.82, 2.24) is 4.98 Å². The second-order valence-corrected chi connectivity index (χ2v) is 6.60. The number of aromatic nitrogens is 1. The summed E-state index contributed by atoms with van der Waals surface area (Å²) in [5.74, 6) is 1.35. The van der Waals surface area contributed by atoms with Gasteiger partial charge in [0.1, 0.15) is 11.5 Å². The van der Waals surface area contributed by atoms with Gasteiger partial charge in [-0.05, 0) is 40.6 Å². The van der Waals surface area contributed by atoms with Crippen LogP contribution in [0.5, 0.6) is 11.5 Å². The minimum atomic E-state index is -0.0769. The van der Waals surface area contributed by atoms with Gasteiger partial charge in [0.15, 0.2) is 5.13 Å². The van der Waals surface area contributed by atoms with Crippen LogP contribution in [0.15, 0.2) is 40.4 Å². The molecule has 0 saturated carbocycles. The highest BCUT2D eigenvalue weighted by molar-refractivity contribution is 7.14. The first-order valence-corrected chi connectivity index (χ1v) is 9.00. The minimum Gasteiger partial charge on any atom is -0.497 e. The molecule has 0 atom stereocenters. The second kappa shape index (κ2) is 7.46. The number of hydrogen-bond donors (Lipinski definition) is 1. The van der Waals surface area contributed by atoms with E-state index in [-0.39, 0.29) is 5.91 Å². The SMILES string of the molecule is COc1ccc(OC)c(-c2csc(NC(=O)Cc3ccsc3)n2)c1. The summed E-state index contributed by atoms with van der Waals surface area (Å²) in [5.41, 5.74) is 2.57. The molecule has 0 fully saturated rings. The highest BCUT2D eigenvalue weighted by Crippen LogP contribution is 2.35. The Labute approximate surface area is 147 Å². The number of nitrogens with zero attached hydrogens (tertiary/aromatic N) is 1. The fraction of sp³-hybridized carbons (Fsp3) is 0.176. The van der Waals surface area contributed by atoms with Gasteiger partial charge in [0.05, 0.1) is 26.3 Å². The number of carbonyl (C=O) groups excluding carboxylic acids is 1. The van der Waals surface area contributed by atoms with Gasteiger partial charge < -0.3 is 14.8 Å². The van der Waals surface area contributed by atoms with Crippen LogP contribution in [0.4, 0.5) is 5.13 Å². The van der Waals surface area contributed by atoms with Crippen molar-refractivity contribution < 1.29 is 14.3 Å². The Bertz CT molecular complexity index is 828. The van der Waals surface area contributed by atoms with Crippen LogP contribution in [-0.4, -0.2) is 25.1 Å². The van der Waals surface area contributed by atoms with Gasteiger partial charge in [0.2, 0.25) is 5.91 Å².